The third kappa shape index (κ3) is 7.52. The Morgan fingerprint density at radius 2 is 2.00 bits per heavy atom. The lowest BCUT2D eigenvalue weighted by molar-refractivity contribution is -0.122. The van der Waals surface area contributed by atoms with Crippen LogP contribution < -0.4 is 5.32 Å². The third-order valence-corrected chi connectivity index (χ3v) is 4.06. The second-order valence-electron chi connectivity index (χ2n) is 5.56. The van der Waals surface area contributed by atoms with E-state index in [1.165, 1.54) is 0 Å². The number of hydrogen-bond donors (Lipinski definition) is 1. The minimum Gasteiger partial charge on any atom is -0.355 e. The Morgan fingerprint density at radius 3 is 2.53 bits per heavy atom. The first kappa shape index (κ1) is 16.4. The van der Waals surface area contributed by atoms with E-state index in [2.05, 4.69) is 21.5 Å². The molecule has 1 N–H and O–H groups in total. The van der Waals surface area contributed by atoms with Gasteiger partial charge in [-0.15, -0.1) is 0 Å². The second-order valence-corrected chi connectivity index (χ2v) is 8.18. The molecule has 1 rings (SSSR count). The van der Waals surface area contributed by atoms with E-state index in [9.17, 15) is 9.00 Å². The van der Waals surface area contributed by atoms with Gasteiger partial charge < -0.3 is 5.32 Å². The predicted molar refractivity (Wildman–Crippen MR) is 79.8 cm³/mol. The van der Waals surface area contributed by atoms with Crippen LogP contribution in [0.1, 0.15) is 26.2 Å². The van der Waals surface area contributed by atoms with Gasteiger partial charge in [-0.2, -0.15) is 0 Å². The Balaban J connectivity index is 2.25. The fourth-order valence-corrected chi connectivity index (χ4v) is 2.71. The van der Waals surface area contributed by atoms with Crippen LogP contribution in [0.25, 0.3) is 0 Å². The molecule has 0 aromatic carbocycles. The summed E-state index contributed by atoms with van der Waals surface area (Å²) in [4.78, 5) is 13.8. The SMILES string of the molecule is CCCNC(=O)CN1CCC(CN=S(C)(C)=O)CC1. The first-order valence-corrected chi connectivity index (χ1v) is 9.36. The van der Waals surface area contributed by atoms with Crippen LogP contribution in [0.15, 0.2) is 4.36 Å². The van der Waals surface area contributed by atoms with Crippen molar-refractivity contribution in [3.05, 3.63) is 0 Å². The van der Waals surface area contributed by atoms with Gasteiger partial charge in [0.05, 0.1) is 13.1 Å². The number of nitrogens with one attached hydrogen (secondary N) is 1. The van der Waals surface area contributed by atoms with Gasteiger partial charge in [0.2, 0.25) is 5.91 Å². The number of carbonyl (C=O) groups excluding carboxylic acids is 1. The van der Waals surface area contributed by atoms with Crippen LogP contribution in [0.2, 0.25) is 0 Å². The molecule has 5 nitrogen and oxygen atoms in total. The molecule has 0 bridgehead atoms. The largest absolute Gasteiger partial charge is 0.355 e. The Hall–Kier alpha value is -0.620. The van der Waals surface area contributed by atoms with Crippen molar-refractivity contribution in [3.8, 4) is 0 Å². The van der Waals surface area contributed by atoms with Crippen molar-refractivity contribution in [2.24, 2.45) is 10.3 Å². The van der Waals surface area contributed by atoms with Gasteiger partial charge in [0.1, 0.15) is 0 Å². The maximum atomic E-state index is 11.6. The second kappa shape index (κ2) is 7.85. The van der Waals surface area contributed by atoms with Gasteiger partial charge in [-0.3, -0.25) is 13.9 Å². The average molecular weight is 289 g/mol. The number of carbonyl (C=O) groups is 1. The molecule has 0 atom stereocenters. The van der Waals surface area contributed by atoms with Gasteiger partial charge in [0, 0.05) is 28.8 Å². The summed E-state index contributed by atoms with van der Waals surface area (Å²) in [6, 6.07) is 0. The van der Waals surface area contributed by atoms with E-state index in [1.54, 1.807) is 12.5 Å². The van der Waals surface area contributed by atoms with E-state index < -0.39 is 9.73 Å². The van der Waals surface area contributed by atoms with Crippen LogP contribution in [0.3, 0.4) is 0 Å². The van der Waals surface area contributed by atoms with E-state index in [1.807, 2.05) is 0 Å². The molecule has 0 spiro atoms. The van der Waals surface area contributed by atoms with Crippen molar-refractivity contribution in [3.63, 3.8) is 0 Å². The molecule has 6 heteroatoms. The molecule has 1 fully saturated rings. The Labute approximate surface area is 117 Å². The zero-order valence-corrected chi connectivity index (χ0v) is 13.2. The Morgan fingerprint density at radius 1 is 1.37 bits per heavy atom. The van der Waals surface area contributed by atoms with Gasteiger partial charge in [0.25, 0.3) is 0 Å². The molecule has 0 aromatic heterocycles. The van der Waals surface area contributed by atoms with Crippen molar-refractivity contribution in [2.45, 2.75) is 26.2 Å². The molecule has 1 heterocycles. The van der Waals surface area contributed by atoms with E-state index in [0.29, 0.717) is 19.0 Å². The number of amides is 1. The summed E-state index contributed by atoms with van der Waals surface area (Å²) in [5.74, 6) is 0.644. The summed E-state index contributed by atoms with van der Waals surface area (Å²) in [6.45, 7) is 5.89. The van der Waals surface area contributed by atoms with Crippen molar-refractivity contribution < 1.29 is 9.00 Å². The van der Waals surface area contributed by atoms with Gasteiger partial charge >= 0.3 is 0 Å². The van der Waals surface area contributed by atoms with E-state index >= 15 is 0 Å². The quantitative estimate of drug-likeness (QED) is 0.792. The minimum atomic E-state index is -1.97. The Kier molecular flexibility index (Phi) is 6.79. The molecule has 0 aromatic rings. The first-order valence-electron chi connectivity index (χ1n) is 7.02. The average Bonchev–Trinajstić information content (AvgIpc) is 2.34. The molecule has 19 heavy (non-hydrogen) atoms. The minimum absolute atomic E-state index is 0.120. The van der Waals surface area contributed by atoms with Crippen molar-refractivity contribution >= 4 is 15.6 Å². The molecule has 1 amide bonds. The van der Waals surface area contributed by atoms with Gasteiger partial charge in [-0.25, -0.2) is 4.36 Å². The number of rotatable bonds is 6. The number of piperidine rings is 1. The summed E-state index contributed by atoms with van der Waals surface area (Å²) < 4.78 is 15.7. The molecule has 0 unspecified atom stereocenters. The smallest absolute Gasteiger partial charge is 0.234 e. The summed E-state index contributed by atoms with van der Waals surface area (Å²) in [7, 11) is -1.97. The van der Waals surface area contributed by atoms with Crippen LogP contribution in [0.4, 0.5) is 0 Å². The third-order valence-electron chi connectivity index (χ3n) is 3.29. The summed E-state index contributed by atoms with van der Waals surface area (Å²) in [5, 5.41) is 2.90. The topological polar surface area (TPSA) is 61.8 Å². The van der Waals surface area contributed by atoms with Crippen LogP contribution in [-0.2, 0) is 14.5 Å². The maximum absolute atomic E-state index is 11.6. The highest BCUT2D eigenvalue weighted by molar-refractivity contribution is 7.92. The zero-order chi connectivity index (χ0) is 14.3. The van der Waals surface area contributed by atoms with Crippen molar-refractivity contribution in [1.29, 1.82) is 0 Å². The lowest BCUT2D eigenvalue weighted by Gasteiger charge is -2.30. The molecule has 0 saturated carbocycles. The standard InChI is InChI=1S/C13H27N3O2S/c1-4-7-14-13(17)11-16-8-5-12(6-9-16)10-15-19(2,3)18/h12H,4-11H2,1-3H3,(H,14,17). The number of likely N-dealkylation sites (tertiary alicyclic amines) is 1. The lowest BCUT2D eigenvalue weighted by Crippen LogP contribution is -2.42. The monoisotopic (exact) mass is 289 g/mol. The molecule has 1 aliphatic heterocycles. The van der Waals surface area contributed by atoms with Gasteiger partial charge in [-0.05, 0) is 38.3 Å². The van der Waals surface area contributed by atoms with Crippen molar-refractivity contribution in [2.75, 3.05) is 45.2 Å². The van der Waals surface area contributed by atoms with E-state index in [-0.39, 0.29) is 5.91 Å². The van der Waals surface area contributed by atoms with Crippen LogP contribution >= 0.6 is 0 Å². The van der Waals surface area contributed by atoms with E-state index in [0.717, 1.165) is 38.9 Å². The molecule has 1 aliphatic rings. The highest BCUT2D eigenvalue weighted by Crippen LogP contribution is 2.17. The van der Waals surface area contributed by atoms with Crippen molar-refractivity contribution in [1.82, 2.24) is 10.2 Å². The lowest BCUT2D eigenvalue weighted by atomic mass is 9.97. The molecule has 0 radical (unpaired) electrons. The van der Waals surface area contributed by atoms with Gasteiger partial charge in [-0.1, -0.05) is 6.92 Å². The summed E-state index contributed by atoms with van der Waals surface area (Å²) in [5.41, 5.74) is 0. The predicted octanol–water partition coefficient (Wildman–Crippen LogP) is 0.952. The number of nitrogens with zero attached hydrogens (tertiary/aromatic N) is 2. The van der Waals surface area contributed by atoms with Crippen LogP contribution in [0, 0.1) is 5.92 Å². The fraction of sp³-hybridized carbons (Fsp3) is 0.923. The normalized spacial score (nSPS) is 18.3. The summed E-state index contributed by atoms with van der Waals surface area (Å²) in [6.07, 6.45) is 6.42. The Bertz CT molecular complexity index is 387. The highest BCUT2D eigenvalue weighted by atomic mass is 32.2. The highest BCUT2D eigenvalue weighted by Gasteiger charge is 2.20. The first-order chi connectivity index (χ1) is 8.90. The maximum Gasteiger partial charge on any atom is 0.234 e. The molecular formula is C13H27N3O2S. The number of hydrogen-bond acceptors (Lipinski definition) is 4. The molecule has 112 valence electrons. The fourth-order valence-electron chi connectivity index (χ4n) is 2.14. The summed E-state index contributed by atoms with van der Waals surface area (Å²) >= 11 is 0. The zero-order valence-electron chi connectivity index (χ0n) is 12.4. The van der Waals surface area contributed by atoms with Crippen LogP contribution in [0.5, 0.6) is 0 Å². The van der Waals surface area contributed by atoms with E-state index in [4.69, 9.17) is 0 Å². The molecule has 0 aliphatic carbocycles. The molecule has 1 saturated heterocycles. The molecular weight excluding hydrogens is 262 g/mol. The van der Waals surface area contributed by atoms with Crippen LogP contribution in [-0.4, -0.2) is 60.3 Å². The van der Waals surface area contributed by atoms with Gasteiger partial charge in [0.15, 0.2) is 0 Å².